The zero-order valence-corrected chi connectivity index (χ0v) is 21.4. The van der Waals surface area contributed by atoms with Crippen molar-refractivity contribution in [1.29, 1.82) is 0 Å². The summed E-state index contributed by atoms with van der Waals surface area (Å²) in [7, 11) is 0. The average molecular weight is 470 g/mol. The van der Waals surface area contributed by atoms with E-state index in [1.165, 1.54) is 11.1 Å². The normalized spacial score (nSPS) is 12.2. The Morgan fingerprint density at radius 1 is 0.970 bits per heavy atom. The van der Waals surface area contributed by atoms with Crippen molar-refractivity contribution in [3.05, 3.63) is 58.7 Å². The average Bonchev–Trinajstić information content (AvgIpc) is 3.08. The molecule has 33 heavy (non-hydrogen) atoms. The van der Waals surface area contributed by atoms with Crippen LogP contribution in [-0.4, -0.2) is 17.6 Å². The molecule has 5 heteroatoms. The number of carbonyl (C=O) groups is 1. The lowest BCUT2D eigenvalue weighted by Crippen LogP contribution is -2.14. The molecule has 0 atom stereocenters. The first-order valence-electron chi connectivity index (χ1n) is 11.6. The summed E-state index contributed by atoms with van der Waals surface area (Å²) < 4.78 is 11.7. The first kappa shape index (κ1) is 25.2. The van der Waals surface area contributed by atoms with Crippen molar-refractivity contribution in [2.45, 2.75) is 67.2 Å². The number of benzene rings is 2. The highest BCUT2D eigenvalue weighted by Crippen LogP contribution is 2.33. The lowest BCUT2D eigenvalue weighted by Gasteiger charge is -2.23. The van der Waals surface area contributed by atoms with Gasteiger partial charge in [0.1, 0.15) is 5.75 Å². The Morgan fingerprint density at radius 3 is 2.39 bits per heavy atom. The molecule has 4 nitrogen and oxygen atoms in total. The quantitative estimate of drug-likeness (QED) is 0.271. The Bertz CT molecular complexity index is 1100. The molecule has 0 aliphatic carbocycles. The Morgan fingerprint density at radius 2 is 1.70 bits per heavy atom. The van der Waals surface area contributed by atoms with Crippen LogP contribution >= 0.6 is 11.6 Å². The number of hydrogen-bond acceptors (Lipinski definition) is 3. The largest absolute Gasteiger partial charge is 0.493 e. The van der Waals surface area contributed by atoms with Crippen molar-refractivity contribution >= 4 is 28.5 Å². The molecule has 1 heterocycles. The minimum absolute atomic E-state index is 0.156. The Hall–Kier alpha value is -2.46. The van der Waals surface area contributed by atoms with Crippen LogP contribution in [-0.2, 0) is 17.6 Å². The van der Waals surface area contributed by atoms with Crippen LogP contribution in [0.4, 0.5) is 0 Å². The second-order valence-corrected chi connectivity index (χ2v) is 11.6. The van der Waals surface area contributed by atoms with Gasteiger partial charge in [-0.1, -0.05) is 71.3 Å². The SMILES string of the molecule is CC(C)(C)Cc1ccc(OCCCC(=O)Oc2c[nH]c3cccc(Cl)c23)c(CC(C)(C)C)c1. The summed E-state index contributed by atoms with van der Waals surface area (Å²) in [6.45, 7) is 13.9. The zero-order chi connectivity index (χ0) is 24.2. The van der Waals surface area contributed by atoms with Gasteiger partial charge in [0.2, 0.25) is 0 Å². The molecule has 0 amide bonds. The molecule has 2 aromatic carbocycles. The summed E-state index contributed by atoms with van der Waals surface area (Å²) in [5.41, 5.74) is 3.78. The second-order valence-electron chi connectivity index (χ2n) is 11.2. The van der Waals surface area contributed by atoms with E-state index in [0.717, 1.165) is 29.5 Å². The summed E-state index contributed by atoms with van der Waals surface area (Å²) in [4.78, 5) is 15.5. The maximum absolute atomic E-state index is 12.4. The van der Waals surface area contributed by atoms with Crippen LogP contribution in [0, 0.1) is 10.8 Å². The number of aromatic amines is 1. The lowest BCUT2D eigenvalue weighted by atomic mass is 9.84. The predicted molar refractivity (Wildman–Crippen MR) is 136 cm³/mol. The van der Waals surface area contributed by atoms with Gasteiger partial charge in [0.25, 0.3) is 0 Å². The van der Waals surface area contributed by atoms with Crippen LogP contribution in [0.25, 0.3) is 10.9 Å². The zero-order valence-electron chi connectivity index (χ0n) is 20.7. The maximum atomic E-state index is 12.4. The van der Waals surface area contributed by atoms with Crippen LogP contribution in [0.3, 0.4) is 0 Å². The van der Waals surface area contributed by atoms with Crippen LogP contribution in [0.15, 0.2) is 42.6 Å². The first-order chi connectivity index (χ1) is 15.4. The molecule has 0 fully saturated rings. The molecule has 0 saturated heterocycles. The number of fused-ring (bicyclic) bond motifs is 1. The molecule has 3 rings (SSSR count). The van der Waals surface area contributed by atoms with E-state index in [1.807, 2.05) is 12.1 Å². The van der Waals surface area contributed by atoms with Crippen LogP contribution in [0.5, 0.6) is 11.5 Å². The third-order valence-electron chi connectivity index (χ3n) is 5.21. The highest BCUT2D eigenvalue weighted by Gasteiger charge is 2.18. The summed E-state index contributed by atoms with van der Waals surface area (Å²) >= 11 is 6.26. The van der Waals surface area contributed by atoms with Crippen LogP contribution in [0.1, 0.15) is 65.5 Å². The van der Waals surface area contributed by atoms with Crippen molar-refractivity contribution in [2.75, 3.05) is 6.61 Å². The van der Waals surface area contributed by atoms with E-state index in [1.54, 1.807) is 12.3 Å². The Kier molecular flexibility index (Phi) is 7.79. The van der Waals surface area contributed by atoms with E-state index in [0.29, 0.717) is 23.8 Å². The van der Waals surface area contributed by atoms with E-state index >= 15 is 0 Å². The summed E-state index contributed by atoms with van der Waals surface area (Å²) in [6, 6.07) is 12.0. The Balaban J connectivity index is 1.58. The van der Waals surface area contributed by atoms with Gasteiger partial charge in [-0.15, -0.1) is 0 Å². The van der Waals surface area contributed by atoms with Gasteiger partial charge in [-0.3, -0.25) is 4.79 Å². The molecule has 1 N–H and O–H groups in total. The molecule has 178 valence electrons. The van der Waals surface area contributed by atoms with Crippen molar-refractivity contribution in [2.24, 2.45) is 10.8 Å². The summed E-state index contributed by atoms with van der Waals surface area (Å²) in [6.07, 6.45) is 4.47. The third-order valence-corrected chi connectivity index (χ3v) is 5.52. The third kappa shape index (κ3) is 7.53. The van der Waals surface area contributed by atoms with E-state index < -0.39 is 0 Å². The van der Waals surface area contributed by atoms with Gasteiger partial charge in [-0.25, -0.2) is 0 Å². The molecule has 3 aromatic rings. The van der Waals surface area contributed by atoms with Crippen molar-refractivity contribution < 1.29 is 14.3 Å². The predicted octanol–water partition coefficient (Wildman–Crippen LogP) is 7.76. The van der Waals surface area contributed by atoms with Crippen molar-refractivity contribution in [3.63, 3.8) is 0 Å². The van der Waals surface area contributed by atoms with Crippen LogP contribution in [0.2, 0.25) is 5.02 Å². The fraction of sp³-hybridized carbons (Fsp3) is 0.464. The molecule has 0 bridgehead atoms. The molecule has 0 aliphatic rings. The van der Waals surface area contributed by atoms with Crippen molar-refractivity contribution in [1.82, 2.24) is 4.98 Å². The fourth-order valence-corrected chi connectivity index (χ4v) is 4.24. The Labute approximate surface area is 202 Å². The van der Waals surface area contributed by atoms with Gasteiger partial charge in [-0.2, -0.15) is 0 Å². The molecular weight excluding hydrogens is 434 g/mol. The van der Waals surface area contributed by atoms with Gasteiger partial charge < -0.3 is 14.5 Å². The first-order valence-corrected chi connectivity index (χ1v) is 12.0. The van der Waals surface area contributed by atoms with Gasteiger partial charge >= 0.3 is 5.97 Å². The number of hydrogen-bond donors (Lipinski definition) is 1. The van der Waals surface area contributed by atoms with Gasteiger partial charge in [0, 0.05) is 12.6 Å². The molecule has 0 spiro atoms. The van der Waals surface area contributed by atoms with E-state index in [4.69, 9.17) is 21.1 Å². The highest BCUT2D eigenvalue weighted by atomic mass is 35.5. The fourth-order valence-electron chi connectivity index (χ4n) is 3.97. The van der Waals surface area contributed by atoms with Gasteiger partial charge in [0.05, 0.1) is 22.5 Å². The van der Waals surface area contributed by atoms with Crippen LogP contribution < -0.4 is 9.47 Å². The minimum Gasteiger partial charge on any atom is -0.493 e. The molecule has 1 aromatic heterocycles. The monoisotopic (exact) mass is 469 g/mol. The second kappa shape index (κ2) is 10.2. The minimum atomic E-state index is -0.296. The smallest absolute Gasteiger partial charge is 0.311 e. The molecule has 0 unspecified atom stereocenters. The lowest BCUT2D eigenvalue weighted by molar-refractivity contribution is -0.134. The number of nitrogens with one attached hydrogen (secondary N) is 1. The van der Waals surface area contributed by atoms with E-state index in [2.05, 4.69) is 64.7 Å². The van der Waals surface area contributed by atoms with E-state index in [-0.39, 0.29) is 23.2 Å². The molecular formula is C28H36ClNO3. The molecule has 0 saturated carbocycles. The molecule has 0 aliphatic heterocycles. The number of aromatic nitrogens is 1. The van der Waals surface area contributed by atoms with Gasteiger partial charge in [0.15, 0.2) is 5.75 Å². The van der Waals surface area contributed by atoms with Crippen molar-refractivity contribution in [3.8, 4) is 11.5 Å². The summed E-state index contributed by atoms with van der Waals surface area (Å²) in [5, 5.41) is 1.28. The maximum Gasteiger partial charge on any atom is 0.311 e. The summed E-state index contributed by atoms with van der Waals surface area (Å²) in [5.74, 6) is 1.07. The molecule has 0 radical (unpaired) electrons. The number of halogens is 1. The van der Waals surface area contributed by atoms with E-state index in [9.17, 15) is 4.79 Å². The number of esters is 1. The number of H-pyrrole nitrogens is 1. The number of rotatable bonds is 8. The topological polar surface area (TPSA) is 51.3 Å². The number of ether oxygens (including phenoxy) is 2. The standard InChI is InChI=1S/C28H36ClNO3/c1-27(2,3)16-19-12-13-23(20(15-19)17-28(4,5)6)32-14-8-11-25(31)33-24-18-30-22-10-7-9-21(29)26(22)24/h7,9-10,12-13,15,18,30H,8,11,14,16-17H2,1-6H3. The number of carbonyl (C=O) groups excluding carboxylic acids is 1. The van der Waals surface area contributed by atoms with Gasteiger partial charge in [-0.05, 0) is 59.4 Å². The highest BCUT2D eigenvalue weighted by molar-refractivity contribution is 6.36.